The Labute approximate surface area is 194 Å². The summed E-state index contributed by atoms with van der Waals surface area (Å²) in [5.41, 5.74) is 0. The van der Waals surface area contributed by atoms with Crippen LogP contribution in [0.15, 0.2) is 12.1 Å². The van der Waals surface area contributed by atoms with Gasteiger partial charge in [-0.1, -0.05) is 58.3 Å². The quantitative estimate of drug-likeness (QED) is 0.296. The molecule has 2 nitrogen and oxygen atoms in total. The summed E-state index contributed by atoms with van der Waals surface area (Å²) >= 11 is 0. The number of hydrogen-bond acceptors (Lipinski definition) is 2. The van der Waals surface area contributed by atoms with Crippen LogP contribution in [0, 0.1) is 35.3 Å². The molecule has 2 saturated carbocycles. The van der Waals surface area contributed by atoms with Crippen molar-refractivity contribution in [1.29, 1.82) is 0 Å². The van der Waals surface area contributed by atoms with E-state index in [0.717, 1.165) is 36.5 Å². The van der Waals surface area contributed by atoms with Gasteiger partial charge in [-0.2, -0.15) is 8.78 Å². The zero-order valence-corrected chi connectivity index (χ0v) is 20.4. The molecule has 2 aliphatic rings. The van der Waals surface area contributed by atoms with E-state index < -0.39 is 11.6 Å². The summed E-state index contributed by atoms with van der Waals surface area (Å²) in [6, 6.07) is 2.91. The molecule has 0 atom stereocenters. The van der Waals surface area contributed by atoms with Gasteiger partial charge in [-0.25, -0.2) is 0 Å². The van der Waals surface area contributed by atoms with E-state index in [9.17, 15) is 8.78 Å². The first-order chi connectivity index (χ1) is 15.6. The molecule has 1 aromatic rings. The smallest absolute Gasteiger partial charge is 0.204 e. The highest BCUT2D eigenvalue weighted by molar-refractivity contribution is 5.35. The van der Waals surface area contributed by atoms with Gasteiger partial charge in [-0.15, -0.1) is 0 Å². The molecule has 0 N–H and O–H groups in total. The number of halogens is 2. The Morgan fingerprint density at radius 2 is 1.19 bits per heavy atom. The Kier molecular flexibility index (Phi) is 10.6. The second-order valence-corrected chi connectivity index (χ2v) is 10.2. The average Bonchev–Trinajstić information content (AvgIpc) is 2.82. The fourth-order valence-electron chi connectivity index (χ4n) is 6.03. The first-order valence-electron chi connectivity index (χ1n) is 13.4. The van der Waals surface area contributed by atoms with Crippen molar-refractivity contribution in [3.8, 4) is 11.5 Å². The maximum Gasteiger partial charge on any atom is 0.204 e. The van der Waals surface area contributed by atoms with Crippen LogP contribution < -0.4 is 9.47 Å². The van der Waals surface area contributed by atoms with Gasteiger partial charge >= 0.3 is 0 Å². The van der Waals surface area contributed by atoms with E-state index in [4.69, 9.17) is 9.47 Å². The van der Waals surface area contributed by atoms with Gasteiger partial charge in [0.1, 0.15) is 0 Å². The van der Waals surface area contributed by atoms with E-state index in [-0.39, 0.29) is 11.5 Å². The van der Waals surface area contributed by atoms with Crippen LogP contribution in [0.2, 0.25) is 0 Å². The number of benzene rings is 1. The molecular weight excluding hydrogens is 406 g/mol. The fraction of sp³-hybridized carbons (Fsp3) is 0.786. The lowest BCUT2D eigenvalue weighted by atomic mass is 9.68. The van der Waals surface area contributed by atoms with Crippen LogP contribution in [0.1, 0.15) is 104 Å². The lowest BCUT2D eigenvalue weighted by Crippen LogP contribution is -2.26. The summed E-state index contributed by atoms with van der Waals surface area (Å²) in [4.78, 5) is 0. The molecule has 0 aromatic heterocycles. The van der Waals surface area contributed by atoms with Crippen LogP contribution in [0.4, 0.5) is 8.78 Å². The molecule has 3 rings (SSSR count). The van der Waals surface area contributed by atoms with Crippen LogP contribution in [0.3, 0.4) is 0 Å². The van der Waals surface area contributed by atoms with Crippen LogP contribution in [-0.2, 0) is 0 Å². The summed E-state index contributed by atoms with van der Waals surface area (Å²) in [6.07, 6.45) is 18.9. The zero-order valence-electron chi connectivity index (χ0n) is 20.4. The maximum absolute atomic E-state index is 14.1. The van der Waals surface area contributed by atoms with E-state index in [1.807, 2.05) is 0 Å². The summed E-state index contributed by atoms with van der Waals surface area (Å²) < 4.78 is 38.7. The molecule has 0 heterocycles. The summed E-state index contributed by atoms with van der Waals surface area (Å²) in [5.74, 6) is 1.71. The molecule has 4 heteroatoms. The van der Waals surface area contributed by atoms with Crippen molar-refractivity contribution in [2.45, 2.75) is 104 Å². The van der Waals surface area contributed by atoms with Gasteiger partial charge in [0, 0.05) is 0 Å². The van der Waals surface area contributed by atoms with Crippen LogP contribution in [-0.4, -0.2) is 13.2 Å². The highest BCUT2D eigenvalue weighted by atomic mass is 19.2. The van der Waals surface area contributed by atoms with Crippen molar-refractivity contribution in [2.75, 3.05) is 13.2 Å². The molecule has 0 bridgehead atoms. The summed E-state index contributed by atoms with van der Waals surface area (Å²) in [5, 5.41) is 0. The molecule has 0 aliphatic heterocycles. The Morgan fingerprint density at radius 1 is 0.688 bits per heavy atom. The molecule has 2 aliphatic carbocycles. The van der Waals surface area contributed by atoms with E-state index in [1.54, 1.807) is 6.92 Å². The van der Waals surface area contributed by atoms with Gasteiger partial charge in [0.25, 0.3) is 0 Å². The predicted octanol–water partition coefficient (Wildman–Crippen LogP) is 8.72. The van der Waals surface area contributed by atoms with Gasteiger partial charge in [0.2, 0.25) is 11.6 Å². The molecule has 2 fully saturated rings. The third-order valence-electron chi connectivity index (χ3n) is 7.99. The number of unbranched alkanes of at least 4 members (excludes halogenated alkanes) is 2. The van der Waals surface area contributed by atoms with Gasteiger partial charge < -0.3 is 9.47 Å². The van der Waals surface area contributed by atoms with Gasteiger partial charge in [0.05, 0.1) is 13.2 Å². The third-order valence-corrected chi connectivity index (χ3v) is 7.99. The topological polar surface area (TPSA) is 18.5 Å². The Hall–Kier alpha value is -1.32. The third kappa shape index (κ3) is 7.35. The van der Waals surface area contributed by atoms with E-state index in [0.29, 0.717) is 13.2 Å². The first kappa shape index (κ1) is 25.3. The lowest BCUT2D eigenvalue weighted by molar-refractivity contribution is 0.137. The molecule has 1 aromatic carbocycles. The number of rotatable bonds is 12. The van der Waals surface area contributed by atoms with E-state index >= 15 is 0 Å². The first-order valence-corrected chi connectivity index (χ1v) is 13.4. The van der Waals surface area contributed by atoms with Gasteiger partial charge in [0.15, 0.2) is 11.5 Å². The normalized spacial score (nSPS) is 26.1. The van der Waals surface area contributed by atoms with E-state index in [1.165, 1.54) is 89.2 Å². The second-order valence-electron chi connectivity index (χ2n) is 10.2. The number of hydrogen-bond donors (Lipinski definition) is 0. The Bertz CT molecular complexity index is 662. The van der Waals surface area contributed by atoms with Crippen LogP contribution >= 0.6 is 0 Å². The zero-order chi connectivity index (χ0) is 22.8. The van der Waals surface area contributed by atoms with Crippen molar-refractivity contribution in [2.24, 2.45) is 23.7 Å². The second kappa shape index (κ2) is 13.4. The minimum Gasteiger partial charge on any atom is -0.491 e. The molecule has 0 saturated heterocycles. The van der Waals surface area contributed by atoms with Crippen LogP contribution in [0.5, 0.6) is 11.5 Å². The molecule has 0 amide bonds. The predicted molar refractivity (Wildman–Crippen MR) is 127 cm³/mol. The monoisotopic (exact) mass is 450 g/mol. The Morgan fingerprint density at radius 3 is 1.69 bits per heavy atom. The van der Waals surface area contributed by atoms with Gasteiger partial charge in [-0.05, 0) is 81.3 Å². The maximum atomic E-state index is 14.1. The van der Waals surface area contributed by atoms with Gasteiger partial charge in [-0.3, -0.25) is 0 Å². The highest BCUT2D eigenvalue weighted by Crippen LogP contribution is 2.43. The van der Waals surface area contributed by atoms with Crippen LogP contribution in [0.25, 0.3) is 0 Å². The minimum atomic E-state index is -0.960. The minimum absolute atomic E-state index is 0.0139. The van der Waals surface area contributed by atoms with E-state index in [2.05, 4.69) is 6.92 Å². The average molecular weight is 451 g/mol. The molecule has 32 heavy (non-hydrogen) atoms. The highest BCUT2D eigenvalue weighted by Gasteiger charge is 2.30. The number of ether oxygens (including phenoxy) is 2. The van der Waals surface area contributed by atoms with Crippen molar-refractivity contribution in [3.05, 3.63) is 23.8 Å². The SMILES string of the molecule is CCCCC[C@H]1CC[C@H]([C@H]2CC[C@H](CCCOc3ccc(OCC)c(F)c3F)CC2)CC1. The Balaban J connectivity index is 1.30. The molecule has 0 radical (unpaired) electrons. The molecule has 0 unspecified atom stereocenters. The summed E-state index contributed by atoms with van der Waals surface area (Å²) in [6.45, 7) is 4.78. The molecule has 182 valence electrons. The molecular formula is C28H44F2O2. The van der Waals surface area contributed by atoms with Crippen molar-refractivity contribution >= 4 is 0 Å². The summed E-state index contributed by atoms with van der Waals surface area (Å²) in [7, 11) is 0. The lowest BCUT2D eigenvalue weighted by Gasteiger charge is -2.38. The molecule has 0 spiro atoms. The van der Waals surface area contributed by atoms with Crippen molar-refractivity contribution in [1.82, 2.24) is 0 Å². The standard InChI is InChI=1S/C28H44F2O2/c1-3-5-6-8-21-10-14-23(15-11-21)24-16-12-22(13-17-24)9-7-20-32-26-19-18-25(31-4-2)27(29)28(26)30/h18-19,21-24H,3-17,20H2,1-2H3/t21-,22-,23-,24-. The fourth-order valence-corrected chi connectivity index (χ4v) is 6.03. The van der Waals surface area contributed by atoms with Crippen molar-refractivity contribution in [3.63, 3.8) is 0 Å². The van der Waals surface area contributed by atoms with Crippen molar-refractivity contribution < 1.29 is 18.3 Å². The largest absolute Gasteiger partial charge is 0.491 e.